The zero-order chi connectivity index (χ0) is 79.7. The number of aliphatic carboxylic acids is 2. The second-order valence-electron chi connectivity index (χ2n) is 19.3. The number of rotatable bonds is 2. The average molecular weight is 1440 g/mol. The van der Waals surface area contributed by atoms with E-state index in [1.807, 2.05) is 89.2 Å². The lowest BCUT2D eigenvalue weighted by Crippen LogP contribution is -2.03. The van der Waals surface area contributed by atoms with Crippen molar-refractivity contribution >= 4 is 92.7 Å². The third-order valence-corrected chi connectivity index (χ3v) is 18.5. The van der Waals surface area contributed by atoms with Crippen LogP contribution < -0.4 is 0 Å². The Kier molecular flexibility index (Phi) is 38.2. The number of carboxylic acids is 2. The van der Waals surface area contributed by atoms with Crippen molar-refractivity contribution in [2.24, 2.45) is 0 Å². The smallest absolute Gasteiger partial charge is 0.334 e. The monoisotopic (exact) mass is 1440 g/mol. The van der Waals surface area contributed by atoms with E-state index >= 15 is 0 Å². The summed E-state index contributed by atoms with van der Waals surface area (Å²) in [6.45, 7) is 55.8. The van der Waals surface area contributed by atoms with Gasteiger partial charge < -0.3 is 10.2 Å². The predicted octanol–water partition coefficient (Wildman–Crippen LogP) is 16.9. The molecule has 3 aliphatic carbocycles. The van der Waals surface area contributed by atoms with Crippen molar-refractivity contribution in [2.75, 3.05) is 17.3 Å². The standard InChI is InChI=1S/C12H6N2O.C12H7NO3.C11H6N2O2S.C11H7NO4S.C9H6O2.C8H6O3S.C3H8.6C2H6/c1-14-11(7-13)10-6-12(15)9-5-3-2-4-8(9)10;1-13-11(12(15)16)9-6-10(14)8-5-3-2-4-7(8)9;1-13-10(6-12)9-7-16(14,15)11-5-3-2-4-8(9)11;1-12-10(11(13)14)8-6-17(15,16)9-5-3-2-4-7(8)9;10-8-5-9(11)7-4-2-1-3-6(7)8;9-7-5-12(10,11)8-4-2-1-3-6(7)8;1-3-2;6*1-2/h2-5H,6H2;2-5H,6H2,(H,15,16);2-5H,7H2;2-5H,6H2,(H,13,14);1-4H,5H2;1-4H,5H2;3H2,1-2H3;6*1-2H3/b11-10+;11-9+;10-9+;10-8+;;;;;;;;;/i/hT2. The number of hydrogen-bond donors (Lipinski definition) is 2. The van der Waals surface area contributed by atoms with Gasteiger partial charge in [-0.25, -0.2) is 55.2 Å². The van der Waals surface area contributed by atoms with Crippen LogP contribution in [0.2, 0.25) is 0 Å². The third-order valence-electron chi connectivity index (χ3n) is 13.4. The van der Waals surface area contributed by atoms with Crippen LogP contribution in [-0.2, 0) is 39.1 Å². The molecular formula is C78H82N6O15S3. The molecule has 6 aromatic rings. The molecule has 12 rings (SSSR count). The molecule has 21 nitrogen and oxygen atoms in total. The number of nitrogens with zero attached hydrogens (tertiary/aromatic N) is 6. The fourth-order valence-corrected chi connectivity index (χ4v) is 14.3. The lowest BCUT2D eigenvalue weighted by Gasteiger charge is -2.00. The van der Waals surface area contributed by atoms with E-state index in [4.69, 9.17) is 39.7 Å². The molecule has 0 saturated carbocycles. The number of hydrogen-bond acceptors (Lipinski definition) is 17. The fourth-order valence-electron chi connectivity index (χ4n) is 9.56. The van der Waals surface area contributed by atoms with Crippen LogP contribution in [0.4, 0.5) is 0 Å². The Hall–Kier alpha value is -11.6. The van der Waals surface area contributed by atoms with Gasteiger partial charge in [-0.1, -0.05) is 231 Å². The first-order chi connectivity index (χ1) is 49.9. The number of benzene rings is 6. The SMILES string of the molecule is CC.CC.CC.CC.CC.CC.CCC.O=C1CC(=O)c2ccccc21.O=C1CS(=O)(=O)c2ccccc21.[3H]OC(=O)/C([N+]#[C-])=C1/CC(=O)c2ccccc21.[3H]OC(=O)/C([N+]#[C-])=C1/CS(=O)(=O)c2ccccc21.[C-]#[N+]/C(C#N)=C1\CC(=O)c2ccccc21.[C-]#[N+]/C(C#N)=C1\CS(=O)(=O)c2ccccc21. The summed E-state index contributed by atoms with van der Waals surface area (Å²) in [5.74, 6) is -3.76. The molecule has 2 N–H and O–H groups in total. The number of allylic oxidation sites excluding steroid dienone is 4. The molecule has 6 aliphatic rings. The third kappa shape index (κ3) is 23.0. The molecule has 24 heteroatoms. The number of carbonyl (C=O) groups excluding carboxylic acids is 5. The Morgan fingerprint density at radius 2 is 0.627 bits per heavy atom. The first-order valence-electron chi connectivity index (χ1n) is 33.2. The second kappa shape index (κ2) is 45.1. The van der Waals surface area contributed by atoms with E-state index in [-0.39, 0.29) is 97.0 Å². The zero-order valence-electron chi connectivity index (χ0n) is 61.3. The Bertz CT molecular complexity index is 4830. The number of sulfone groups is 3. The predicted molar refractivity (Wildman–Crippen MR) is 395 cm³/mol. The highest BCUT2D eigenvalue weighted by Gasteiger charge is 2.36. The lowest BCUT2D eigenvalue weighted by atomic mass is 10.1. The normalized spacial score (nSPS) is 15.9. The molecule has 0 radical (unpaired) electrons. The molecule has 532 valence electrons. The summed E-state index contributed by atoms with van der Waals surface area (Å²) in [5.41, 5.74) is 5.17. The van der Waals surface area contributed by atoms with Gasteiger partial charge in [0.15, 0.2) is 58.4 Å². The van der Waals surface area contributed by atoms with E-state index in [2.05, 4.69) is 43.4 Å². The van der Waals surface area contributed by atoms with Gasteiger partial charge in [0.2, 0.25) is 0 Å². The van der Waals surface area contributed by atoms with E-state index in [0.29, 0.717) is 61.2 Å². The molecule has 3 aliphatic heterocycles. The quantitative estimate of drug-likeness (QED) is 0.0704. The first-order valence-corrected chi connectivity index (χ1v) is 37.3. The molecule has 0 spiro atoms. The molecule has 0 saturated heterocycles. The second-order valence-corrected chi connectivity index (χ2v) is 25.2. The van der Waals surface area contributed by atoms with Gasteiger partial charge in [0, 0.05) is 40.7 Å². The summed E-state index contributed by atoms with van der Waals surface area (Å²) in [4.78, 5) is 91.7. The van der Waals surface area contributed by atoms with Crippen molar-refractivity contribution < 1.29 is 69.0 Å². The summed E-state index contributed by atoms with van der Waals surface area (Å²) in [5, 5.41) is 25.1. The summed E-state index contributed by atoms with van der Waals surface area (Å²) in [7, 11) is -10.2. The molecule has 0 unspecified atom stereocenters. The topological polar surface area (TPSA) is 327 Å². The van der Waals surface area contributed by atoms with Gasteiger partial charge in [-0.15, -0.1) is 0 Å². The van der Waals surface area contributed by atoms with E-state index in [1.54, 1.807) is 127 Å². The van der Waals surface area contributed by atoms with Crippen molar-refractivity contribution in [3.8, 4) is 12.1 Å². The highest BCUT2D eigenvalue weighted by Crippen LogP contribution is 2.39. The van der Waals surface area contributed by atoms with Crippen molar-refractivity contribution in [1.29, 1.82) is 13.4 Å². The van der Waals surface area contributed by atoms with Crippen LogP contribution in [0.3, 0.4) is 0 Å². The molecule has 3 heterocycles. The molecule has 6 aromatic carbocycles. The maximum absolute atomic E-state index is 11.9. The van der Waals surface area contributed by atoms with Crippen molar-refractivity contribution in [3.05, 3.63) is 264 Å². The van der Waals surface area contributed by atoms with Gasteiger partial charge >= 0.3 is 11.9 Å². The fraction of sp³-hybridized carbons (Fsp3) is 0.269. The van der Waals surface area contributed by atoms with E-state index in [0.717, 1.165) is 5.56 Å². The lowest BCUT2D eigenvalue weighted by molar-refractivity contribution is -0.133. The van der Waals surface area contributed by atoms with E-state index in [1.165, 1.54) is 30.7 Å². The molecule has 0 bridgehead atoms. The molecule has 0 atom stereocenters. The summed E-state index contributed by atoms with van der Waals surface area (Å²) < 4.78 is 82.8. The Balaban J connectivity index is 0.00000118. The van der Waals surface area contributed by atoms with Crippen molar-refractivity contribution in [3.63, 3.8) is 0 Å². The Labute approximate surface area is 602 Å². The number of carbonyl (C=O) groups is 7. The highest BCUT2D eigenvalue weighted by molar-refractivity contribution is 7.93. The van der Waals surface area contributed by atoms with Crippen LogP contribution >= 0.6 is 0 Å². The summed E-state index contributed by atoms with van der Waals surface area (Å²) in [6, 6.07) is 43.2. The molecule has 102 heavy (non-hydrogen) atoms. The first kappa shape index (κ1) is 86.4. The highest BCUT2D eigenvalue weighted by atomic mass is 32.2. The average Bonchev–Trinajstić information content (AvgIpc) is 1.62. The van der Waals surface area contributed by atoms with Gasteiger partial charge in [0.25, 0.3) is 25.7 Å². The van der Waals surface area contributed by atoms with Gasteiger partial charge in [0.05, 0.1) is 71.0 Å². The van der Waals surface area contributed by atoms with E-state index < -0.39 is 52.9 Å². The number of carboxylic acid groups (broad SMARTS) is 2. The number of Topliss-reactive ketones (excluding diaryl/α,β-unsaturated/α-hetero) is 5. The minimum Gasteiger partial charge on any atom is -0.486 e. The van der Waals surface area contributed by atoms with Crippen LogP contribution in [0, 0.1) is 49.0 Å². The Morgan fingerprint density at radius 1 is 0.373 bits per heavy atom. The Morgan fingerprint density at radius 3 is 0.971 bits per heavy atom. The van der Waals surface area contributed by atoms with Gasteiger partial charge in [-0.2, -0.15) is 0 Å². The number of fused-ring (bicyclic) bond motifs is 6. The minimum atomic E-state index is -3.52. The molecule has 0 aromatic heterocycles. The largest absolute Gasteiger partial charge is 0.486 e. The molecular weight excluding hydrogens is 1360 g/mol. The van der Waals surface area contributed by atoms with Crippen molar-refractivity contribution in [1.82, 2.24) is 0 Å². The van der Waals surface area contributed by atoms with Crippen LogP contribution in [0.25, 0.3) is 44.5 Å². The van der Waals surface area contributed by atoms with Crippen LogP contribution in [-0.4, -0.2) is 93.6 Å². The zero-order valence-corrected chi connectivity index (χ0v) is 61.8. The summed E-state index contributed by atoms with van der Waals surface area (Å²) >= 11 is 0. The minimum absolute atomic E-state index is 0.00611. The van der Waals surface area contributed by atoms with Crippen LogP contribution in [0.1, 0.15) is 197 Å². The van der Waals surface area contributed by atoms with Crippen molar-refractivity contribution in [2.45, 2.75) is 137 Å². The molecule has 0 amide bonds. The number of nitriles is 2. The number of ketones is 5. The van der Waals surface area contributed by atoms with Gasteiger partial charge in [-0.05, 0) is 62.7 Å². The maximum Gasteiger partial charge on any atom is 0.334 e. The molecule has 0 fully saturated rings. The van der Waals surface area contributed by atoms with Crippen LogP contribution in [0.15, 0.2) is 183 Å². The van der Waals surface area contributed by atoms with Gasteiger partial charge in [-0.3, -0.25) is 33.6 Å². The maximum atomic E-state index is 11.9. The van der Waals surface area contributed by atoms with Gasteiger partial charge in [0.1, 0.15) is 5.75 Å². The summed E-state index contributed by atoms with van der Waals surface area (Å²) in [6.07, 6.45) is 1.48. The van der Waals surface area contributed by atoms with E-state index in [9.17, 15) is 58.8 Å². The van der Waals surface area contributed by atoms with Crippen LogP contribution in [0.5, 0.6) is 0 Å².